The maximum absolute atomic E-state index is 11.0. The molecule has 2 rings (SSSR count). The molecule has 0 heterocycles. The van der Waals surface area contributed by atoms with Crippen molar-refractivity contribution in [2.24, 2.45) is 0 Å². The van der Waals surface area contributed by atoms with Gasteiger partial charge in [-0.05, 0) is 35.4 Å². The molecule has 1 atom stereocenters. The minimum atomic E-state index is -0.689. The van der Waals surface area contributed by atoms with Crippen molar-refractivity contribution in [2.75, 3.05) is 0 Å². The summed E-state index contributed by atoms with van der Waals surface area (Å²) < 4.78 is 0. The van der Waals surface area contributed by atoms with Crippen molar-refractivity contribution in [2.45, 2.75) is 38.5 Å². The van der Waals surface area contributed by atoms with Gasteiger partial charge in [0, 0.05) is 0 Å². The molecular formula is C13H16O2. The van der Waals surface area contributed by atoms with Gasteiger partial charge in [0.15, 0.2) is 0 Å². The highest BCUT2D eigenvalue weighted by molar-refractivity contribution is 5.77. The molecule has 1 aromatic rings. The third-order valence-corrected chi connectivity index (χ3v) is 3.21. The van der Waals surface area contributed by atoms with Gasteiger partial charge in [0.25, 0.3) is 0 Å². The molecule has 1 aliphatic rings. The summed E-state index contributed by atoms with van der Waals surface area (Å²) in [4.78, 5) is 11.0. The number of carbonyl (C=O) groups is 1. The van der Waals surface area contributed by atoms with E-state index in [0.717, 1.165) is 18.4 Å². The standard InChI is InChI=1S/C13H16O2/c1-8(2)9-3-5-11-10(7-9)4-6-12(11)13(14)15/h3,5,7-8,12H,4,6H2,1-2H3,(H,14,15). The maximum Gasteiger partial charge on any atom is 0.310 e. The lowest BCUT2D eigenvalue weighted by molar-refractivity contribution is -0.138. The monoisotopic (exact) mass is 204 g/mol. The number of carboxylic acid groups (broad SMARTS) is 1. The third kappa shape index (κ3) is 1.76. The third-order valence-electron chi connectivity index (χ3n) is 3.21. The molecule has 2 heteroatoms. The summed E-state index contributed by atoms with van der Waals surface area (Å²) in [7, 11) is 0. The second kappa shape index (κ2) is 3.69. The number of carboxylic acids is 1. The predicted molar refractivity (Wildman–Crippen MR) is 59.2 cm³/mol. The summed E-state index contributed by atoms with van der Waals surface area (Å²) in [6.45, 7) is 4.32. The van der Waals surface area contributed by atoms with Gasteiger partial charge in [0.05, 0.1) is 5.92 Å². The van der Waals surface area contributed by atoms with Crippen LogP contribution in [-0.2, 0) is 11.2 Å². The first-order chi connectivity index (χ1) is 7.09. The Balaban J connectivity index is 2.37. The Labute approximate surface area is 89.9 Å². The Morgan fingerprint density at radius 3 is 2.80 bits per heavy atom. The normalized spacial score (nSPS) is 19.3. The largest absolute Gasteiger partial charge is 0.481 e. The van der Waals surface area contributed by atoms with Gasteiger partial charge < -0.3 is 5.11 Å². The Bertz CT molecular complexity index is 394. The minimum absolute atomic E-state index is 0.277. The van der Waals surface area contributed by atoms with E-state index < -0.39 is 5.97 Å². The number of fused-ring (bicyclic) bond motifs is 1. The van der Waals surface area contributed by atoms with Crippen LogP contribution in [0.1, 0.15) is 48.8 Å². The quantitative estimate of drug-likeness (QED) is 0.804. The second-order valence-electron chi connectivity index (χ2n) is 4.54. The van der Waals surface area contributed by atoms with E-state index in [-0.39, 0.29) is 5.92 Å². The molecule has 1 aliphatic carbocycles. The minimum Gasteiger partial charge on any atom is -0.481 e. The summed E-state index contributed by atoms with van der Waals surface area (Å²) in [6, 6.07) is 6.23. The first kappa shape index (κ1) is 10.2. The molecule has 1 aromatic carbocycles. The Hall–Kier alpha value is -1.31. The molecule has 1 N–H and O–H groups in total. The van der Waals surface area contributed by atoms with Crippen LogP contribution in [0.25, 0.3) is 0 Å². The lowest BCUT2D eigenvalue weighted by atomic mass is 9.96. The number of rotatable bonds is 2. The van der Waals surface area contributed by atoms with Gasteiger partial charge in [-0.3, -0.25) is 4.79 Å². The van der Waals surface area contributed by atoms with Crippen LogP contribution in [0.15, 0.2) is 18.2 Å². The van der Waals surface area contributed by atoms with Crippen molar-refractivity contribution < 1.29 is 9.90 Å². The first-order valence-corrected chi connectivity index (χ1v) is 5.45. The highest BCUT2D eigenvalue weighted by atomic mass is 16.4. The van der Waals surface area contributed by atoms with E-state index >= 15 is 0 Å². The van der Waals surface area contributed by atoms with Crippen LogP contribution in [-0.4, -0.2) is 11.1 Å². The molecule has 0 aromatic heterocycles. The van der Waals surface area contributed by atoms with Gasteiger partial charge in [0.1, 0.15) is 0 Å². The molecule has 0 fully saturated rings. The molecule has 0 saturated carbocycles. The van der Waals surface area contributed by atoms with Crippen LogP contribution in [0, 0.1) is 0 Å². The summed E-state index contributed by atoms with van der Waals surface area (Å²) in [6.07, 6.45) is 1.67. The maximum atomic E-state index is 11.0. The number of hydrogen-bond donors (Lipinski definition) is 1. The molecule has 0 spiro atoms. The van der Waals surface area contributed by atoms with E-state index in [0.29, 0.717) is 5.92 Å². The lowest BCUT2D eigenvalue weighted by Gasteiger charge is -2.09. The zero-order chi connectivity index (χ0) is 11.0. The van der Waals surface area contributed by atoms with E-state index in [1.165, 1.54) is 11.1 Å². The zero-order valence-corrected chi connectivity index (χ0v) is 9.16. The smallest absolute Gasteiger partial charge is 0.310 e. The lowest BCUT2D eigenvalue weighted by Crippen LogP contribution is -2.07. The van der Waals surface area contributed by atoms with Crippen LogP contribution in [0.5, 0.6) is 0 Å². The van der Waals surface area contributed by atoms with Gasteiger partial charge in [-0.2, -0.15) is 0 Å². The molecular weight excluding hydrogens is 188 g/mol. The molecule has 0 aliphatic heterocycles. The van der Waals surface area contributed by atoms with Crippen molar-refractivity contribution >= 4 is 5.97 Å². The van der Waals surface area contributed by atoms with E-state index in [1.807, 2.05) is 6.07 Å². The summed E-state index contributed by atoms with van der Waals surface area (Å²) >= 11 is 0. The first-order valence-electron chi connectivity index (χ1n) is 5.45. The number of benzene rings is 1. The number of hydrogen-bond acceptors (Lipinski definition) is 1. The highest BCUT2D eigenvalue weighted by Gasteiger charge is 2.28. The predicted octanol–water partition coefficient (Wildman–Crippen LogP) is 2.92. The van der Waals surface area contributed by atoms with E-state index in [2.05, 4.69) is 26.0 Å². The van der Waals surface area contributed by atoms with Crippen LogP contribution in [0.4, 0.5) is 0 Å². The average Bonchev–Trinajstić information content (AvgIpc) is 2.59. The molecule has 0 amide bonds. The van der Waals surface area contributed by atoms with Crippen LogP contribution < -0.4 is 0 Å². The van der Waals surface area contributed by atoms with E-state index in [9.17, 15) is 4.79 Å². The molecule has 15 heavy (non-hydrogen) atoms. The topological polar surface area (TPSA) is 37.3 Å². The highest BCUT2D eigenvalue weighted by Crippen LogP contribution is 2.34. The SMILES string of the molecule is CC(C)c1ccc2c(c1)CCC2C(=O)O. The molecule has 1 unspecified atom stereocenters. The fraction of sp³-hybridized carbons (Fsp3) is 0.462. The van der Waals surface area contributed by atoms with Gasteiger partial charge in [0.2, 0.25) is 0 Å². The van der Waals surface area contributed by atoms with Crippen LogP contribution in [0.3, 0.4) is 0 Å². The van der Waals surface area contributed by atoms with Gasteiger partial charge >= 0.3 is 5.97 Å². The number of aliphatic carboxylic acids is 1. The fourth-order valence-electron chi connectivity index (χ4n) is 2.25. The Kier molecular flexibility index (Phi) is 2.51. The second-order valence-corrected chi connectivity index (χ2v) is 4.54. The van der Waals surface area contributed by atoms with E-state index in [4.69, 9.17) is 5.11 Å². The van der Waals surface area contributed by atoms with Gasteiger partial charge in [-0.15, -0.1) is 0 Å². The van der Waals surface area contributed by atoms with Crippen molar-refractivity contribution in [1.82, 2.24) is 0 Å². The summed E-state index contributed by atoms with van der Waals surface area (Å²) in [5.74, 6) is -0.452. The van der Waals surface area contributed by atoms with Crippen molar-refractivity contribution in [3.63, 3.8) is 0 Å². The summed E-state index contributed by atoms with van der Waals surface area (Å²) in [5.41, 5.74) is 3.56. The average molecular weight is 204 g/mol. The van der Waals surface area contributed by atoms with E-state index in [1.54, 1.807) is 0 Å². The summed E-state index contributed by atoms with van der Waals surface area (Å²) in [5, 5.41) is 9.04. The zero-order valence-electron chi connectivity index (χ0n) is 9.16. The van der Waals surface area contributed by atoms with Crippen LogP contribution >= 0.6 is 0 Å². The van der Waals surface area contributed by atoms with Crippen LogP contribution in [0.2, 0.25) is 0 Å². The Morgan fingerprint density at radius 2 is 2.20 bits per heavy atom. The molecule has 2 nitrogen and oxygen atoms in total. The molecule has 0 bridgehead atoms. The van der Waals surface area contributed by atoms with Crippen molar-refractivity contribution in [3.8, 4) is 0 Å². The Morgan fingerprint density at radius 1 is 1.47 bits per heavy atom. The number of aryl methyl sites for hydroxylation is 1. The fourth-order valence-corrected chi connectivity index (χ4v) is 2.25. The molecule has 0 radical (unpaired) electrons. The molecule has 80 valence electrons. The van der Waals surface area contributed by atoms with Gasteiger partial charge in [-0.1, -0.05) is 32.0 Å². The molecule has 0 saturated heterocycles. The van der Waals surface area contributed by atoms with Crippen molar-refractivity contribution in [3.05, 3.63) is 34.9 Å². The van der Waals surface area contributed by atoms with Gasteiger partial charge in [-0.25, -0.2) is 0 Å². The van der Waals surface area contributed by atoms with Crippen molar-refractivity contribution in [1.29, 1.82) is 0 Å².